The highest BCUT2D eigenvalue weighted by molar-refractivity contribution is 7.13. The second kappa shape index (κ2) is 6.87. The Morgan fingerprint density at radius 3 is 3.04 bits per heavy atom. The third-order valence-corrected chi connectivity index (χ3v) is 5.23. The van der Waals surface area contributed by atoms with E-state index in [0.717, 1.165) is 4.88 Å². The lowest BCUT2D eigenvalue weighted by Gasteiger charge is -2.22. The fraction of sp³-hybridized carbons (Fsp3) is 0.278. The Hall–Kier alpha value is -2.74. The molecule has 1 unspecified atom stereocenters. The van der Waals surface area contributed by atoms with Crippen molar-refractivity contribution >= 4 is 17.2 Å². The minimum atomic E-state index is -0.453. The number of methoxy groups -OCH3 is 1. The first-order chi connectivity index (χ1) is 12.7. The number of aromatic nitrogens is 2. The lowest BCUT2D eigenvalue weighted by atomic mass is 10.1. The van der Waals surface area contributed by atoms with Crippen LogP contribution in [0.15, 0.2) is 40.2 Å². The van der Waals surface area contributed by atoms with Crippen LogP contribution in [-0.4, -0.2) is 28.1 Å². The van der Waals surface area contributed by atoms with E-state index in [4.69, 9.17) is 9.26 Å². The van der Waals surface area contributed by atoms with Gasteiger partial charge in [-0.25, -0.2) is 4.39 Å². The standard InChI is InChI=1S/C18H16FN3O3S/c1-24-14-6-4-11(9-12(14)19)10-22-13(5-7-16(22)23)18-20-17(21-25-18)15-3-2-8-26-15/h2-4,6,8-9,13H,5,7,10H2,1H3. The molecule has 1 aliphatic heterocycles. The van der Waals surface area contributed by atoms with Crippen molar-refractivity contribution in [2.24, 2.45) is 0 Å². The second-order valence-electron chi connectivity index (χ2n) is 5.98. The largest absolute Gasteiger partial charge is 0.494 e. The van der Waals surface area contributed by atoms with Crippen molar-refractivity contribution in [2.45, 2.75) is 25.4 Å². The first-order valence-corrected chi connectivity index (χ1v) is 9.03. The minimum Gasteiger partial charge on any atom is -0.494 e. The van der Waals surface area contributed by atoms with E-state index in [1.54, 1.807) is 17.0 Å². The number of ether oxygens (including phenoxy) is 1. The van der Waals surface area contributed by atoms with Crippen LogP contribution in [0.2, 0.25) is 0 Å². The van der Waals surface area contributed by atoms with Gasteiger partial charge in [-0.1, -0.05) is 17.3 Å². The number of halogens is 1. The molecule has 3 aromatic rings. The highest BCUT2D eigenvalue weighted by Crippen LogP contribution is 2.35. The molecular formula is C18H16FN3O3S. The summed E-state index contributed by atoms with van der Waals surface area (Å²) in [6.45, 7) is 0.279. The molecule has 1 amide bonds. The Kier molecular flexibility index (Phi) is 4.42. The molecule has 4 rings (SSSR count). The third-order valence-electron chi connectivity index (χ3n) is 4.37. The summed E-state index contributed by atoms with van der Waals surface area (Å²) in [7, 11) is 1.42. The summed E-state index contributed by atoms with van der Waals surface area (Å²) in [5.74, 6) is 0.640. The van der Waals surface area contributed by atoms with Crippen LogP contribution in [0.1, 0.15) is 30.3 Å². The van der Waals surface area contributed by atoms with Crippen molar-refractivity contribution < 1.29 is 18.4 Å². The summed E-state index contributed by atoms with van der Waals surface area (Å²) in [5.41, 5.74) is 0.682. The van der Waals surface area contributed by atoms with Crippen LogP contribution in [0.25, 0.3) is 10.7 Å². The maximum Gasteiger partial charge on any atom is 0.249 e. The van der Waals surface area contributed by atoms with Gasteiger partial charge in [0.15, 0.2) is 11.6 Å². The van der Waals surface area contributed by atoms with E-state index in [1.807, 2.05) is 17.5 Å². The third kappa shape index (κ3) is 3.08. The van der Waals surface area contributed by atoms with Gasteiger partial charge in [0, 0.05) is 13.0 Å². The minimum absolute atomic E-state index is 0.0119. The van der Waals surface area contributed by atoms with Gasteiger partial charge >= 0.3 is 0 Å². The average Bonchev–Trinajstić information content (AvgIpc) is 3.36. The van der Waals surface area contributed by atoms with Crippen LogP contribution in [-0.2, 0) is 11.3 Å². The van der Waals surface area contributed by atoms with Crippen molar-refractivity contribution in [2.75, 3.05) is 7.11 Å². The number of carbonyl (C=O) groups excluding carboxylic acids is 1. The summed E-state index contributed by atoms with van der Waals surface area (Å²) in [5, 5.41) is 5.96. The van der Waals surface area contributed by atoms with Gasteiger partial charge in [0.05, 0.1) is 12.0 Å². The quantitative estimate of drug-likeness (QED) is 0.680. The van der Waals surface area contributed by atoms with E-state index < -0.39 is 5.82 Å². The number of carbonyl (C=O) groups is 1. The van der Waals surface area contributed by atoms with E-state index in [1.165, 1.54) is 24.5 Å². The molecule has 3 heterocycles. The molecule has 1 aliphatic rings. The van der Waals surface area contributed by atoms with Crippen LogP contribution in [0.5, 0.6) is 5.75 Å². The summed E-state index contributed by atoms with van der Waals surface area (Å²) < 4.78 is 24.3. The number of likely N-dealkylation sites (tertiary alicyclic amines) is 1. The predicted octanol–water partition coefficient (Wildman–Crippen LogP) is 3.81. The molecule has 0 radical (unpaired) electrons. The van der Waals surface area contributed by atoms with Crippen LogP contribution in [0, 0.1) is 5.82 Å². The highest BCUT2D eigenvalue weighted by Gasteiger charge is 2.36. The highest BCUT2D eigenvalue weighted by atomic mass is 32.1. The monoisotopic (exact) mass is 373 g/mol. The second-order valence-corrected chi connectivity index (χ2v) is 6.93. The number of rotatable bonds is 5. The number of hydrogen-bond acceptors (Lipinski definition) is 6. The van der Waals surface area contributed by atoms with Crippen molar-refractivity contribution in [1.29, 1.82) is 0 Å². The molecule has 2 aromatic heterocycles. The zero-order valence-electron chi connectivity index (χ0n) is 14.0. The van der Waals surface area contributed by atoms with Gasteiger partial charge in [-0.3, -0.25) is 4.79 Å². The van der Waals surface area contributed by atoms with Crippen molar-refractivity contribution in [1.82, 2.24) is 15.0 Å². The topological polar surface area (TPSA) is 68.5 Å². The number of hydrogen-bond donors (Lipinski definition) is 0. The fourth-order valence-electron chi connectivity index (χ4n) is 3.07. The van der Waals surface area contributed by atoms with Gasteiger partial charge in [0.25, 0.3) is 0 Å². The average molecular weight is 373 g/mol. The molecule has 6 nitrogen and oxygen atoms in total. The van der Waals surface area contributed by atoms with E-state index in [2.05, 4.69) is 10.1 Å². The van der Waals surface area contributed by atoms with Crippen molar-refractivity contribution in [3.05, 3.63) is 53.0 Å². The van der Waals surface area contributed by atoms with Gasteiger partial charge in [0.2, 0.25) is 17.6 Å². The molecule has 1 aromatic carbocycles. The molecule has 1 fully saturated rings. The number of benzene rings is 1. The maximum absolute atomic E-state index is 13.9. The molecular weight excluding hydrogens is 357 g/mol. The first-order valence-electron chi connectivity index (χ1n) is 8.15. The molecule has 134 valence electrons. The van der Waals surface area contributed by atoms with Gasteiger partial charge in [-0.15, -0.1) is 11.3 Å². The van der Waals surface area contributed by atoms with Crippen molar-refractivity contribution in [3.8, 4) is 16.5 Å². The molecule has 8 heteroatoms. The molecule has 0 spiro atoms. The van der Waals surface area contributed by atoms with Gasteiger partial charge < -0.3 is 14.2 Å². The molecule has 0 bridgehead atoms. The molecule has 1 atom stereocenters. The summed E-state index contributed by atoms with van der Waals surface area (Å²) in [6.07, 6.45) is 1.00. The van der Waals surface area contributed by atoms with Gasteiger partial charge in [-0.05, 0) is 35.6 Å². The smallest absolute Gasteiger partial charge is 0.249 e. The van der Waals surface area contributed by atoms with Crippen LogP contribution in [0.3, 0.4) is 0 Å². The number of nitrogens with zero attached hydrogens (tertiary/aromatic N) is 3. The van der Waals surface area contributed by atoms with E-state index >= 15 is 0 Å². The lowest BCUT2D eigenvalue weighted by Crippen LogP contribution is -2.27. The lowest BCUT2D eigenvalue weighted by molar-refractivity contribution is -0.130. The first kappa shape index (κ1) is 16.7. The molecule has 26 heavy (non-hydrogen) atoms. The Morgan fingerprint density at radius 2 is 2.31 bits per heavy atom. The maximum atomic E-state index is 13.9. The Balaban J connectivity index is 1.57. The molecule has 0 saturated carbocycles. The van der Waals surface area contributed by atoms with Crippen LogP contribution < -0.4 is 4.74 Å². The van der Waals surface area contributed by atoms with Crippen molar-refractivity contribution in [3.63, 3.8) is 0 Å². The van der Waals surface area contributed by atoms with Gasteiger partial charge in [-0.2, -0.15) is 4.98 Å². The Labute approximate surface area is 153 Å². The number of amides is 1. The molecule has 0 N–H and O–H groups in total. The fourth-order valence-corrected chi connectivity index (χ4v) is 3.72. The van der Waals surface area contributed by atoms with E-state index in [0.29, 0.717) is 30.1 Å². The molecule has 0 aliphatic carbocycles. The van der Waals surface area contributed by atoms with Gasteiger partial charge in [0.1, 0.15) is 6.04 Å². The summed E-state index contributed by atoms with van der Waals surface area (Å²) >= 11 is 1.52. The summed E-state index contributed by atoms with van der Waals surface area (Å²) in [4.78, 5) is 19.3. The zero-order valence-corrected chi connectivity index (χ0v) is 14.8. The Morgan fingerprint density at radius 1 is 1.42 bits per heavy atom. The predicted molar refractivity (Wildman–Crippen MR) is 93.1 cm³/mol. The SMILES string of the molecule is COc1ccc(CN2C(=O)CCC2c2nc(-c3cccs3)no2)cc1F. The molecule has 1 saturated heterocycles. The normalized spacial score (nSPS) is 17.1. The van der Waals surface area contributed by atoms with Crippen LogP contribution in [0.4, 0.5) is 4.39 Å². The van der Waals surface area contributed by atoms with Crippen LogP contribution >= 0.6 is 11.3 Å². The summed E-state index contributed by atoms with van der Waals surface area (Å²) in [6, 6.07) is 8.22. The zero-order chi connectivity index (χ0) is 18.1. The van der Waals surface area contributed by atoms with E-state index in [9.17, 15) is 9.18 Å². The number of thiophene rings is 1. The Bertz CT molecular complexity index is 926. The van der Waals surface area contributed by atoms with E-state index in [-0.39, 0.29) is 24.2 Å².